The number of hydrogen-bond acceptors (Lipinski definition) is 3. The van der Waals surface area contributed by atoms with Gasteiger partial charge >= 0.3 is 5.97 Å². The zero-order valence-electron chi connectivity index (χ0n) is 19.2. The smallest absolute Gasteiger partial charge is 0.306 e. The predicted octanol–water partition coefficient (Wildman–Crippen LogP) is 6.10. The number of nitrogens with zero attached hydrogens (tertiary/aromatic N) is 1. The molecule has 4 atom stereocenters. The Bertz CT molecular complexity index is 1250. The maximum Gasteiger partial charge on any atom is 0.306 e. The zero-order valence-corrected chi connectivity index (χ0v) is 20.1. The Morgan fingerprint density at radius 3 is 2.15 bits per heavy atom. The third-order valence-electron chi connectivity index (χ3n) is 6.73. The number of rotatable bonds is 6. The lowest BCUT2D eigenvalue weighted by atomic mass is 9.86. The summed E-state index contributed by atoms with van der Waals surface area (Å²) in [5, 5.41) is 1.74. The number of hydrogen-bond donors (Lipinski definition) is 0. The molecule has 0 N–H and O–H groups in total. The fraction of sp³-hybridized carbons (Fsp3) is 0.207. The van der Waals surface area contributed by atoms with E-state index in [-0.39, 0.29) is 30.3 Å². The molecule has 4 nitrogen and oxygen atoms in total. The monoisotopic (exact) mass is 469 g/mol. The molecule has 3 aromatic carbocycles. The number of ether oxygens (including phenoxy) is 1. The minimum Gasteiger partial charge on any atom is -0.469 e. The van der Waals surface area contributed by atoms with Gasteiger partial charge in [0.1, 0.15) is 0 Å². The van der Waals surface area contributed by atoms with E-state index in [0.717, 1.165) is 21.7 Å². The van der Waals surface area contributed by atoms with Crippen molar-refractivity contribution in [3.63, 3.8) is 0 Å². The number of carbonyl (C=O) groups excluding carboxylic acids is 1. The van der Waals surface area contributed by atoms with Crippen molar-refractivity contribution in [1.29, 1.82) is 0 Å². The summed E-state index contributed by atoms with van der Waals surface area (Å²) in [6.45, 7) is 0.565. The third-order valence-corrected chi connectivity index (χ3v) is 9.99. The molecule has 0 radical (unpaired) electrons. The molecule has 1 aliphatic heterocycles. The molecule has 5 rings (SSSR count). The number of benzene rings is 3. The first-order valence-corrected chi connectivity index (χ1v) is 13.3. The van der Waals surface area contributed by atoms with Gasteiger partial charge in [-0.1, -0.05) is 97.1 Å². The highest BCUT2D eigenvalue weighted by Crippen LogP contribution is 2.71. The Balaban J connectivity index is 1.68. The second-order valence-electron chi connectivity index (χ2n) is 8.80. The number of allylic oxidation sites excluding steroid dienone is 2. The summed E-state index contributed by atoms with van der Waals surface area (Å²) in [6, 6.07) is 30.3. The van der Waals surface area contributed by atoms with Crippen LogP contribution in [0.1, 0.15) is 23.6 Å². The fourth-order valence-electron chi connectivity index (χ4n) is 5.15. The van der Waals surface area contributed by atoms with Gasteiger partial charge in [-0.15, -0.1) is 0 Å². The SMILES string of the molecule is COC(=O)C[C@H]1C=C[C@H]2C(=C1)[P@](=O)(c1ccccc1)N(Cc1ccccc1)[C@@H]2c1ccccc1. The maximum absolute atomic E-state index is 15.3. The van der Waals surface area contributed by atoms with Crippen molar-refractivity contribution in [2.75, 3.05) is 7.11 Å². The molecule has 0 amide bonds. The lowest BCUT2D eigenvalue weighted by molar-refractivity contribution is -0.141. The van der Waals surface area contributed by atoms with Crippen LogP contribution in [0.5, 0.6) is 0 Å². The zero-order chi connectivity index (χ0) is 23.5. The van der Waals surface area contributed by atoms with E-state index in [1.54, 1.807) is 0 Å². The molecule has 0 unspecified atom stereocenters. The normalized spacial score (nSPS) is 26.0. The summed E-state index contributed by atoms with van der Waals surface area (Å²) in [7, 11) is -1.74. The highest BCUT2D eigenvalue weighted by atomic mass is 31.2. The Hall–Kier alpha value is -3.20. The largest absolute Gasteiger partial charge is 0.469 e. The van der Waals surface area contributed by atoms with E-state index in [0.29, 0.717) is 6.54 Å². The molecule has 34 heavy (non-hydrogen) atoms. The second-order valence-corrected chi connectivity index (χ2v) is 11.5. The molecule has 0 saturated carbocycles. The van der Waals surface area contributed by atoms with Gasteiger partial charge in [-0.05, 0) is 23.3 Å². The van der Waals surface area contributed by atoms with Crippen molar-refractivity contribution < 1.29 is 14.1 Å². The van der Waals surface area contributed by atoms with E-state index in [9.17, 15) is 4.79 Å². The first-order chi connectivity index (χ1) is 16.6. The van der Waals surface area contributed by atoms with Gasteiger partial charge in [-0.2, -0.15) is 0 Å². The van der Waals surface area contributed by atoms with E-state index in [1.165, 1.54) is 7.11 Å². The van der Waals surface area contributed by atoms with Gasteiger partial charge in [-0.3, -0.25) is 9.36 Å². The van der Waals surface area contributed by atoms with Gasteiger partial charge in [0, 0.05) is 29.0 Å². The van der Waals surface area contributed by atoms with Crippen molar-refractivity contribution in [2.45, 2.75) is 19.0 Å². The summed E-state index contributed by atoms with van der Waals surface area (Å²) in [5.41, 5.74) is 2.26. The van der Waals surface area contributed by atoms with E-state index >= 15 is 4.57 Å². The molecule has 172 valence electrons. The van der Waals surface area contributed by atoms with Crippen LogP contribution in [-0.2, 0) is 20.6 Å². The molecule has 1 heterocycles. The van der Waals surface area contributed by atoms with Gasteiger partial charge < -0.3 is 4.74 Å². The van der Waals surface area contributed by atoms with Crippen LogP contribution in [0, 0.1) is 11.8 Å². The number of carbonyl (C=O) groups is 1. The number of esters is 1. The Labute approximate surface area is 201 Å². The van der Waals surface area contributed by atoms with Gasteiger partial charge in [0.15, 0.2) is 0 Å². The molecule has 0 spiro atoms. The highest BCUT2D eigenvalue weighted by molar-refractivity contribution is 7.73. The molecule has 1 fully saturated rings. The number of fused-ring (bicyclic) bond motifs is 1. The first-order valence-electron chi connectivity index (χ1n) is 11.6. The summed E-state index contributed by atoms with van der Waals surface area (Å²) in [5.74, 6) is -0.437. The standard InChI is InChI=1S/C29H28NO3P/c1-33-28(31)20-23-17-18-26-27(19-23)34(32,25-15-9-4-10-16-25)30(21-22-11-5-2-6-12-22)29(26)24-13-7-3-8-14-24/h2-19,23,26,29H,20-21H2,1H3/t23-,26-,29+,34+/m0/s1. The molecule has 1 aliphatic carbocycles. The van der Waals surface area contributed by atoms with Crippen LogP contribution >= 0.6 is 7.29 Å². The number of methoxy groups -OCH3 is 1. The molecule has 0 bridgehead atoms. The van der Waals surface area contributed by atoms with Crippen molar-refractivity contribution in [3.05, 3.63) is 126 Å². The van der Waals surface area contributed by atoms with Crippen LogP contribution in [0.15, 0.2) is 115 Å². The molecular weight excluding hydrogens is 441 g/mol. The Morgan fingerprint density at radius 1 is 0.882 bits per heavy atom. The lowest BCUT2D eigenvalue weighted by Crippen LogP contribution is -2.25. The minimum absolute atomic E-state index is 0.0361. The Morgan fingerprint density at radius 2 is 1.50 bits per heavy atom. The fourth-order valence-corrected chi connectivity index (χ4v) is 8.64. The van der Waals surface area contributed by atoms with E-state index in [4.69, 9.17) is 4.74 Å². The molecular formula is C29H28NO3P. The van der Waals surface area contributed by atoms with Crippen molar-refractivity contribution >= 4 is 18.6 Å². The average Bonchev–Trinajstić information content (AvgIpc) is 3.14. The predicted molar refractivity (Wildman–Crippen MR) is 136 cm³/mol. The summed E-state index contributed by atoms with van der Waals surface area (Å²) >= 11 is 0. The van der Waals surface area contributed by atoms with Gasteiger partial charge in [0.05, 0.1) is 19.6 Å². The van der Waals surface area contributed by atoms with Crippen molar-refractivity contribution in [1.82, 2.24) is 4.67 Å². The van der Waals surface area contributed by atoms with Crippen LogP contribution in [-0.4, -0.2) is 17.7 Å². The van der Waals surface area contributed by atoms with E-state index in [1.807, 2.05) is 66.7 Å². The average molecular weight is 470 g/mol. The summed E-state index contributed by atoms with van der Waals surface area (Å²) in [4.78, 5) is 12.0. The highest BCUT2D eigenvalue weighted by Gasteiger charge is 2.53. The van der Waals surface area contributed by atoms with Crippen molar-refractivity contribution in [3.8, 4) is 0 Å². The molecule has 1 saturated heterocycles. The maximum atomic E-state index is 15.3. The minimum atomic E-state index is -3.15. The topological polar surface area (TPSA) is 46.6 Å². The van der Waals surface area contributed by atoms with Crippen LogP contribution < -0.4 is 5.30 Å². The van der Waals surface area contributed by atoms with Crippen LogP contribution in [0.25, 0.3) is 0 Å². The first kappa shape index (κ1) is 22.6. The van der Waals surface area contributed by atoms with Gasteiger partial charge in [0.2, 0.25) is 7.29 Å². The second kappa shape index (κ2) is 9.58. The van der Waals surface area contributed by atoms with Crippen LogP contribution in [0.4, 0.5) is 0 Å². The molecule has 3 aromatic rings. The van der Waals surface area contributed by atoms with Gasteiger partial charge in [-0.25, -0.2) is 4.67 Å². The van der Waals surface area contributed by atoms with Crippen molar-refractivity contribution in [2.24, 2.45) is 11.8 Å². The van der Waals surface area contributed by atoms with Gasteiger partial charge in [0.25, 0.3) is 0 Å². The Kier molecular flexibility index (Phi) is 6.36. The summed E-state index contributed by atoms with van der Waals surface area (Å²) in [6.07, 6.45) is 6.53. The van der Waals surface area contributed by atoms with E-state index in [2.05, 4.69) is 47.2 Å². The quantitative estimate of drug-likeness (QED) is 0.249. The van der Waals surface area contributed by atoms with Crippen LogP contribution in [0.2, 0.25) is 0 Å². The lowest BCUT2D eigenvalue weighted by Gasteiger charge is -2.31. The summed E-state index contributed by atoms with van der Waals surface area (Å²) < 4.78 is 22.4. The third kappa shape index (κ3) is 4.09. The molecule has 2 aliphatic rings. The van der Waals surface area contributed by atoms with E-state index < -0.39 is 7.29 Å². The molecule has 0 aromatic heterocycles. The van der Waals surface area contributed by atoms with Crippen LogP contribution in [0.3, 0.4) is 0 Å². The molecule has 5 heteroatoms.